The van der Waals surface area contributed by atoms with Gasteiger partial charge in [-0.3, -0.25) is 4.79 Å². The van der Waals surface area contributed by atoms with E-state index in [-0.39, 0.29) is 17.6 Å². The summed E-state index contributed by atoms with van der Waals surface area (Å²) in [7, 11) is 2.01. The third kappa shape index (κ3) is 3.88. The first-order valence-corrected chi connectivity index (χ1v) is 11.4. The highest BCUT2D eigenvalue weighted by molar-refractivity contribution is 7.99. The van der Waals surface area contributed by atoms with Gasteiger partial charge in [-0.2, -0.15) is 0 Å². The van der Waals surface area contributed by atoms with Crippen molar-refractivity contribution >= 4 is 28.4 Å². The number of benzene rings is 2. The van der Waals surface area contributed by atoms with Crippen LogP contribution in [-0.2, 0) is 18.3 Å². The number of fused-ring (bicyclic) bond motifs is 1. The second-order valence-electron chi connectivity index (χ2n) is 7.66. The fourth-order valence-corrected chi connectivity index (χ4v) is 4.97. The summed E-state index contributed by atoms with van der Waals surface area (Å²) in [6, 6.07) is 18.1. The van der Waals surface area contributed by atoms with Gasteiger partial charge in [-0.1, -0.05) is 60.3 Å². The lowest BCUT2D eigenvalue weighted by molar-refractivity contribution is 0.0912. The van der Waals surface area contributed by atoms with E-state index in [9.17, 15) is 4.79 Å². The summed E-state index contributed by atoms with van der Waals surface area (Å²) in [6.07, 6.45) is 2.22. The summed E-state index contributed by atoms with van der Waals surface area (Å²) in [6.45, 7) is 1.41. The van der Waals surface area contributed by atoms with Gasteiger partial charge in [0.25, 0.3) is 0 Å². The molecule has 0 amide bonds. The zero-order valence-corrected chi connectivity index (χ0v) is 18.1. The van der Waals surface area contributed by atoms with Crippen molar-refractivity contribution in [2.75, 3.05) is 12.4 Å². The molecule has 5 rings (SSSR count). The van der Waals surface area contributed by atoms with Crippen LogP contribution >= 0.6 is 11.8 Å². The molecule has 2 aromatic heterocycles. The fraction of sp³-hybridized carbons (Fsp3) is 0.304. The number of carbonyl (C=O) groups excluding carboxylic acids is 1. The summed E-state index contributed by atoms with van der Waals surface area (Å²) in [4.78, 5) is 13.5. The van der Waals surface area contributed by atoms with E-state index in [4.69, 9.17) is 4.74 Å². The number of carbonyl (C=O) groups is 1. The van der Waals surface area contributed by atoms with Gasteiger partial charge >= 0.3 is 0 Å². The molecule has 0 bridgehead atoms. The minimum absolute atomic E-state index is 0.0623. The van der Waals surface area contributed by atoms with Crippen LogP contribution in [0.3, 0.4) is 0 Å². The zero-order chi connectivity index (χ0) is 21.2. The van der Waals surface area contributed by atoms with E-state index < -0.39 is 0 Å². The number of hydrogen-bond acceptors (Lipinski definition) is 6. The number of ether oxygens (including phenoxy) is 1. The van der Waals surface area contributed by atoms with Crippen LogP contribution in [0.4, 0.5) is 0 Å². The Balaban J connectivity index is 1.44. The lowest BCUT2D eigenvalue weighted by atomic mass is 10.0. The third-order valence-corrected chi connectivity index (χ3v) is 6.62. The molecular formula is C23H23N5O2S. The summed E-state index contributed by atoms with van der Waals surface area (Å²) < 4.78 is 9.54. The van der Waals surface area contributed by atoms with Crippen LogP contribution in [-0.4, -0.2) is 49.0 Å². The SMILES string of the molecule is Cn1c(-c2ccccc2)c(C(=O)CSc2nnnn2CC2CCCO2)c2ccccc21. The number of thioether (sulfide) groups is 1. The number of rotatable bonds is 7. The van der Waals surface area contributed by atoms with Crippen LogP contribution < -0.4 is 0 Å². The Bertz CT molecular complexity index is 1210. The molecule has 3 heterocycles. The molecule has 31 heavy (non-hydrogen) atoms. The molecule has 0 spiro atoms. The predicted octanol–water partition coefficient (Wildman–Crippen LogP) is 3.99. The van der Waals surface area contributed by atoms with Gasteiger partial charge in [0.05, 0.1) is 29.7 Å². The molecule has 0 saturated carbocycles. The van der Waals surface area contributed by atoms with Crippen LogP contribution in [0.15, 0.2) is 59.8 Å². The van der Waals surface area contributed by atoms with E-state index in [0.29, 0.717) is 11.7 Å². The van der Waals surface area contributed by atoms with E-state index in [1.807, 2.05) is 61.6 Å². The smallest absolute Gasteiger partial charge is 0.209 e. The highest BCUT2D eigenvalue weighted by Crippen LogP contribution is 2.34. The van der Waals surface area contributed by atoms with Gasteiger partial charge in [0.2, 0.25) is 5.16 Å². The van der Waals surface area contributed by atoms with Gasteiger partial charge < -0.3 is 9.30 Å². The van der Waals surface area contributed by atoms with Crippen molar-refractivity contribution in [2.45, 2.75) is 30.6 Å². The molecule has 0 N–H and O–H groups in total. The molecule has 1 unspecified atom stereocenters. The van der Waals surface area contributed by atoms with Crippen LogP contribution in [0.2, 0.25) is 0 Å². The molecule has 0 aliphatic carbocycles. The number of aryl methyl sites for hydroxylation is 1. The molecule has 8 heteroatoms. The van der Waals surface area contributed by atoms with Crippen molar-refractivity contribution < 1.29 is 9.53 Å². The average Bonchev–Trinajstić information content (AvgIpc) is 3.54. The van der Waals surface area contributed by atoms with E-state index in [0.717, 1.165) is 47.2 Å². The van der Waals surface area contributed by atoms with Crippen molar-refractivity contribution in [3.8, 4) is 11.3 Å². The molecule has 1 fully saturated rings. The van der Waals surface area contributed by atoms with Crippen molar-refractivity contribution in [3.63, 3.8) is 0 Å². The Labute approximate surface area is 184 Å². The van der Waals surface area contributed by atoms with E-state index >= 15 is 0 Å². The largest absolute Gasteiger partial charge is 0.376 e. The van der Waals surface area contributed by atoms with Gasteiger partial charge in [0, 0.05) is 24.6 Å². The minimum Gasteiger partial charge on any atom is -0.376 e. The van der Waals surface area contributed by atoms with E-state index in [1.165, 1.54) is 11.8 Å². The molecule has 2 aromatic carbocycles. The second-order valence-corrected chi connectivity index (χ2v) is 8.60. The first-order chi connectivity index (χ1) is 15.2. The van der Waals surface area contributed by atoms with Crippen LogP contribution in [0.1, 0.15) is 23.2 Å². The number of Topliss-reactive ketones (excluding diaryl/α,β-unsaturated/α-hetero) is 1. The molecule has 7 nitrogen and oxygen atoms in total. The van der Waals surface area contributed by atoms with Crippen molar-refractivity contribution in [1.29, 1.82) is 0 Å². The maximum absolute atomic E-state index is 13.5. The number of para-hydroxylation sites is 1. The Kier molecular flexibility index (Phi) is 5.57. The Morgan fingerprint density at radius 3 is 2.77 bits per heavy atom. The Morgan fingerprint density at radius 1 is 1.16 bits per heavy atom. The highest BCUT2D eigenvalue weighted by Gasteiger charge is 2.24. The summed E-state index contributed by atoms with van der Waals surface area (Å²) in [5.41, 5.74) is 3.75. The fourth-order valence-electron chi connectivity index (χ4n) is 4.21. The van der Waals surface area contributed by atoms with Crippen LogP contribution in [0.5, 0.6) is 0 Å². The van der Waals surface area contributed by atoms with E-state index in [2.05, 4.69) is 20.1 Å². The van der Waals surface area contributed by atoms with Crippen molar-refractivity contribution in [1.82, 2.24) is 24.8 Å². The molecular weight excluding hydrogens is 410 g/mol. The molecule has 158 valence electrons. The van der Waals surface area contributed by atoms with Gasteiger partial charge in [0.1, 0.15) is 0 Å². The van der Waals surface area contributed by atoms with Crippen molar-refractivity contribution in [3.05, 3.63) is 60.2 Å². The quantitative estimate of drug-likeness (QED) is 0.324. The summed E-state index contributed by atoms with van der Waals surface area (Å²) >= 11 is 1.37. The molecule has 4 aromatic rings. The number of tetrazole rings is 1. The maximum atomic E-state index is 13.5. The third-order valence-electron chi connectivity index (χ3n) is 5.66. The van der Waals surface area contributed by atoms with Crippen LogP contribution in [0.25, 0.3) is 22.2 Å². The molecule has 1 aliphatic heterocycles. The molecule has 1 aliphatic rings. The Hall–Kier alpha value is -2.97. The zero-order valence-electron chi connectivity index (χ0n) is 17.3. The normalized spacial score (nSPS) is 16.2. The summed E-state index contributed by atoms with van der Waals surface area (Å²) in [5, 5.41) is 13.6. The van der Waals surface area contributed by atoms with Crippen LogP contribution in [0, 0.1) is 0 Å². The summed E-state index contributed by atoms with van der Waals surface area (Å²) in [5.74, 6) is 0.326. The minimum atomic E-state index is 0.0623. The Morgan fingerprint density at radius 2 is 1.97 bits per heavy atom. The second kappa shape index (κ2) is 8.64. The topological polar surface area (TPSA) is 74.8 Å². The molecule has 1 saturated heterocycles. The van der Waals surface area contributed by atoms with Gasteiger partial charge in [-0.15, -0.1) is 5.10 Å². The van der Waals surface area contributed by atoms with Gasteiger partial charge in [-0.05, 0) is 34.9 Å². The van der Waals surface area contributed by atoms with Gasteiger partial charge in [-0.25, -0.2) is 4.68 Å². The number of aromatic nitrogens is 5. The first kappa shape index (κ1) is 20.0. The van der Waals surface area contributed by atoms with Crippen molar-refractivity contribution in [2.24, 2.45) is 7.05 Å². The lowest BCUT2D eigenvalue weighted by Gasteiger charge is -2.10. The lowest BCUT2D eigenvalue weighted by Crippen LogP contribution is -2.17. The monoisotopic (exact) mass is 433 g/mol. The predicted molar refractivity (Wildman–Crippen MR) is 120 cm³/mol. The highest BCUT2D eigenvalue weighted by atomic mass is 32.2. The number of hydrogen-bond donors (Lipinski definition) is 0. The molecule has 1 atom stereocenters. The average molecular weight is 434 g/mol. The van der Waals surface area contributed by atoms with Gasteiger partial charge in [0.15, 0.2) is 5.78 Å². The molecule has 0 radical (unpaired) electrons. The number of nitrogens with zero attached hydrogens (tertiary/aromatic N) is 5. The number of ketones is 1. The first-order valence-electron chi connectivity index (χ1n) is 10.4. The van der Waals surface area contributed by atoms with E-state index in [1.54, 1.807) is 4.68 Å². The maximum Gasteiger partial charge on any atom is 0.209 e. The standard InChI is InChI=1S/C23H23N5O2S/c1-27-19-12-6-5-11-18(19)21(22(27)16-8-3-2-4-9-16)20(29)15-31-23-24-25-26-28(23)14-17-10-7-13-30-17/h2-6,8-9,11-12,17H,7,10,13-15H2,1H3.